The molecular weight excluding hydrogens is 471 g/mol. The highest BCUT2D eigenvalue weighted by Crippen LogP contribution is 2.38. The van der Waals surface area contributed by atoms with Crippen molar-refractivity contribution in [1.29, 1.82) is 0 Å². The van der Waals surface area contributed by atoms with E-state index in [1.54, 1.807) is 6.08 Å². The maximum atomic E-state index is 13.2. The number of carbonyl (C=O) groups is 1. The molecule has 0 bridgehead atoms. The summed E-state index contributed by atoms with van der Waals surface area (Å²) in [6.07, 6.45) is 5.10. The molecule has 1 aliphatic heterocycles. The number of aliphatic hydroxyl groups excluding tert-OH is 1. The van der Waals surface area contributed by atoms with Crippen molar-refractivity contribution < 1.29 is 24.3 Å². The van der Waals surface area contributed by atoms with Gasteiger partial charge in [-0.25, -0.2) is 4.79 Å². The number of unbranched alkanes of at least 4 members (excludes halogenated alkanes) is 1. The highest BCUT2D eigenvalue weighted by molar-refractivity contribution is 8.04. The molecule has 0 spiro atoms. The minimum atomic E-state index is -3.98. The van der Waals surface area contributed by atoms with Crippen molar-refractivity contribution in [3.05, 3.63) is 83.9 Å². The Morgan fingerprint density at radius 2 is 1.68 bits per heavy atom. The standard InChI is InChI=1S/C25H33N2O5PS/c28-24(17-21-9-3-1-4-10-21)14-13-23-19-26(18-22-11-5-2-6-12-22)25(29)27(23)15-7-8-16-34-20-33(30,31)32/h1-6,9-14,23-24,28H,7-8,15-20H2,(H2,30,31,32). The third kappa shape index (κ3) is 8.93. The molecule has 0 saturated carbocycles. The second-order valence-corrected chi connectivity index (χ2v) is 11.6. The van der Waals surface area contributed by atoms with Crippen LogP contribution in [-0.4, -0.2) is 67.2 Å². The number of aliphatic hydroxyl groups is 1. The van der Waals surface area contributed by atoms with E-state index in [1.807, 2.05) is 76.5 Å². The van der Waals surface area contributed by atoms with Crippen LogP contribution in [-0.2, 0) is 17.5 Å². The Labute approximate surface area is 205 Å². The molecular formula is C25H33N2O5PS. The Hall–Kier alpha value is -2.09. The molecule has 2 atom stereocenters. The first-order valence-electron chi connectivity index (χ1n) is 11.4. The smallest absolute Gasteiger partial charge is 0.335 e. The summed E-state index contributed by atoms with van der Waals surface area (Å²) < 4.78 is 11.0. The van der Waals surface area contributed by atoms with E-state index >= 15 is 0 Å². The van der Waals surface area contributed by atoms with Crippen molar-refractivity contribution in [2.75, 3.05) is 24.3 Å². The normalized spacial score (nSPS) is 17.6. The molecule has 2 aromatic rings. The molecule has 34 heavy (non-hydrogen) atoms. The fourth-order valence-corrected chi connectivity index (χ4v) is 5.81. The van der Waals surface area contributed by atoms with E-state index in [0.29, 0.717) is 31.8 Å². The zero-order valence-electron chi connectivity index (χ0n) is 19.1. The van der Waals surface area contributed by atoms with Crippen molar-refractivity contribution in [2.45, 2.75) is 38.0 Å². The van der Waals surface area contributed by atoms with Crippen LogP contribution >= 0.6 is 19.4 Å². The molecule has 2 amide bonds. The largest absolute Gasteiger partial charge is 0.389 e. The van der Waals surface area contributed by atoms with Crippen LogP contribution in [0.15, 0.2) is 72.8 Å². The summed E-state index contributed by atoms with van der Waals surface area (Å²) in [7, 11) is -3.98. The van der Waals surface area contributed by atoms with Gasteiger partial charge in [-0.15, -0.1) is 11.8 Å². The lowest BCUT2D eigenvalue weighted by molar-refractivity contribution is 0.187. The SMILES string of the molecule is O=C1N(Cc2ccccc2)CC(C=CC(O)Cc2ccccc2)N1CCCCSCP(=O)(O)O. The average molecular weight is 505 g/mol. The summed E-state index contributed by atoms with van der Waals surface area (Å²) in [5.74, 6) is 0.636. The van der Waals surface area contributed by atoms with Gasteiger partial charge in [0.25, 0.3) is 0 Å². The predicted octanol–water partition coefficient (Wildman–Crippen LogP) is 4.10. The van der Waals surface area contributed by atoms with Gasteiger partial charge in [-0.2, -0.15) is 0 Å². The van der Waals surface area contributed by atoms with E-state index in [2.05, 4.69) is 0 Å². The highest BCUT2D eigenvalue weighted by Gasteiger charge is 2.35. The maximum absolute atomic E-state index is 13.2. The van der Waals surface area contributed by atoms with Gasteiger partial charge < -0.3 is 24.7 Å². The third-order valence-corrected chi connectivity index (χ3v) is 8.23. The second-order valence-electron chi connectivity index (χ2n) is 8.46. The van der Waals surface area contributed by atoms with Crippen molar-refractivity contribution in [2.24, 2.45) is 0 Å². The summed E-state index contributed by atoms with van der Waals surface area (Å²) >= 11 is 1.24. The van der Waals surface area contributed by atoms with Gasteiger partial charge in [0.05, 0.1) is 17.6 Å². The first-order chi connectivity index (χ1) is 16.3. The number of rotatable bonds is 13. The Morgan fingerprint density at radius 1 is 1.03 bits per heavy atom. The van der Waals surface area contributed by atoms with E-state index < -0.39 is 13.7 Å². The molecule has 1 heterocycles. The van der Waals surface area contributed by atoms with Crippen LogP contribution in [0.4, 0.5) is 4.79 Å². The summed E-state index contributed by atoms with van der Waals surface area (Å²) in [6, 6.07) is 19.5. The molecule has 7 nitrogen and oxygen atoms in total. The number of carbonyl (C=O) groups excluding carboxylic acids is 1. The lowest BCUT2D eigenvalue weighted by Gasteiger charge is -2.21. The Bertz CT molecular complexity index is 970. The van der Waals surface area contributed by atoms with Gasteiger partial charge in [-0.3, -0.25) is 4.57 Å². The predicted molar refractivity (Wildman–Crippen MR) is 137 cm³/mol. The van der Waals surface area contributed by atoms with Crippen molar-refractivity contribution >= 4 is 25.4 Å². The molecule has 184 valence electrons. The first kappa shape index (κ1) is 26.5. The molecule has 3 rings (SSSR count). The summed E-state index contributed by atoms with van der Waals surface area (Å²) in [4.78, 5) is 34.8. The van der Waals surface area contributed by atoms with Crippen molar-refractivity contribution in [3.63, 3.8) is 0 Å². The number of thioether (sulfide) groups is 1. The van der Waals surface area contributed by atoms with Crippen LogP contribution < -0.4 is 0 Å². The number of benzene rings is 2. The quantitative estimate of drug-likeness (QED) is 0.216. The van der Waals surface area contributed by atoms with E-state index in [4.69, 9.17) is 9.79 Å². The molecule has 3 N–H and O–H groups in total. The Kier molecular flexibility index (Phi) is 10.2. The molecule has 0 radical (unpaired) electrons. The van der Waals surface area contributed by atoms with Crippen LogP contribution in [0.5, 0.6) is 0 Å². The number of hydrogen-bond donors (Lipinski definition) is 3. The minimum absolute atomic E-state index is 0.0288. The lowest BCUT2D eigenvalue weighted by Crippen LogP contribution is -2.35. The summed E-state index contributed by atoms with van der Waals surface area (Å²) in [5, 5.41) is 10.5. The zero-order chi connectivity index (χ0) is 24.4. The molecule has 1 saturated heterocycles. The molecule has 2 unspecified atom stereocenters. The van der Waals surface area contributed by atoms with E-state index in [0.717, 1.165) is 24.0 Å². The van der Waals surface area contributed by atoms with Gasteiger partial charge in [0.2, 0.25) is 0 Å². The summed E-state index contributed by atoms with van der Waals surface area (Å²) in [5.41, 5.74) is 1.95. The number of hydrogen-bond acceptors (Lipinski definition) is 4. The fourth-order valence-electron chi connectivity index (χ4n) is 3.94. The van der Waals surface area contributed by atoms with Gasteiger partial charge in [0, 0.05) is 26.1 Å². The van der Waals surface area contributed by atoms with Gasteiger partial charge in [0.15, 0.2) is 0 Å². The van der Waals surface area contributed by atoms with E-state index in [-0.39, 0.29) is 17.6 Å². The van der Waals surface area contributed by atoms with Crippen LogP contribution in [0, 0.1) is 0 Å². The molecule has 2 aromatic carbocycles. The van der Waals surface area contributed by atoms with Gasteiger partial charge in [-0.05, 0) is 29.7 Å². The molecule has 9 heteroatoms. The first-order valence-corrected chi connectivity index (χ1v) is 14.4. The zero-order valence-corrected chi connectivity index (χ0v) is 20.9. The maximum Gasteiger partial charge on any atom is 0.335 e. The summed E-state index contributed by atoms with van der Waals surface area (Å²) in [6.45, 7) is 1.64. The molecule has 0 aromatic heterocycles. The number of urea groups is 1. The Balaban J connectivity index is 1.58. The average Bonchev–Trinajstić information content (AvgIpc) is 3.09. The lowest BCUT2D eigenvalue weighted by atomic mass is 10.1. The third-order valence-electron chi connectivity index (χ3n) is 5.58. The monoisotopic (exact) mass is 504 g/mol. The van der Waals surface area contributed by atoms with Gasteiger partial charge in [-0.1, -0.05) is 72.8 Å². The van der Waals surface area contributed by atoms with E-state index in [9.17, 15) is 14.5 Å². The molecule has 0 aliphatic carbocycles. The second kappa shape index (κ2) is 13.1. The molecule has 1 aliphatic rings. The van der Waals surface area contributed by atoms with Crippen molar-refractivity contribution in [3.8, 4) is 0 Å². The van der Waals surface area contributed by atoms with Crippen LogP contribution in [0.2, 0.25) is 0 Å². The van der Waals surface area contributed by atoms with Crippen LogP contribution in [0.3, 0.4) is 0 Å². The highest BCUT2D eigenvalue weighted by atomic mass is 32.2. The minimum Gasteiger partial charge on any atom is -0.389 e. The van der Waals surface area contributed by atoms with Crippen LogP contribution in [0.25, 0.3) is 0 Å². The topological polar surface area (TPSA) is 101 Å². The van der Waals surface area contributed by atoms with Crippen LogP contribution in [0.1, 0.15) is 24.0 Å². The van der Waals surface area contributed by atoms with E-state index in [1.165, 1.54) is 11.8 Å². The van der Waals surface area contributed by atoms with Gasteiger partial charge >= 0.3 is 13.6 Å². The molecule has 1 fully saturated rings. The fraction of sp³-hybridized carbons (Fsp3) is 0.400. The number of amides is 2. The van der Waals surface area contributed by atoms with Gasteiger partial charge in [0.1, 0.15) is 0 Å². The van der Waals surface area contributed by atoms with Crippen molar-refractivity contribution in [1.82, 2.24) is 9.80 Å². The Morgan fingerprint density at radius 3 is 2.32 bits per heavy atom. The number of nitrogens with zero attached hydrogens (tertiary/aromatic N) is 2.